The van der Waals surface area contributed by atoms with Crippen LogP contribution in [0.15, 0.2) is 24.3 Å². The highest BCUT2D eigenvalue weighted by Gasteiger charge is 2.20. The minimum atomic E-state index is -0.546. The number of carbonyl (C=O) groups is 2. The van der Waals surface area contributed by atoms with Crippen LogP contribution in [0.3, 0.4) is 0 Å². The molecule has 1 aromatic carbocycles. The summed E-state index contributed by atoms with van der Waals surface area (Å²) >= 11 is 0. The van der Waals surface area contributed by atoms with Crippen LogP contribution >= 0.6 is 0 Å². The summed E-state index contributed by atoms with van der Waals surface area (Å²) < 4.78 is 10.5. The minimum Gasteiger partial charge on any atom is -0.445 e. The molecular formula is C17H27N3O4. The van der Waals surface area contributed by atoms with Gasteiger partial charge in [-0.25, -0.2) is 9.59 Å². The first kappa shape index (κ1) is 19.6. The standard InChI is InChI=1S/C17H27N3O4/c1-17(2,3)24-16(22)20(5)11-10-19(4)15(21)23-12-13-6-8-14(18)9-7-13/h6-9H,10-12,18H2,1-5H3. The quantitative estimate of drug-likeness (QED) is 0.835. The van der Waals surface area contributed by atoms with E-state index in [4.69, 9.17) is 15.2 Å². The van der Waals surface area contributed by atoms with Gasteiger partial charge in [-0.2, -0.15) is 0 Å². The number of benzene rings is 1. The summed E-state index contributed by atoms with van der Waals surface area (Å²) in [4.78, 5) is 26.6. The summed E-state index contributed by atoms with van der Waals surface area (Å²) in [5.41, 5.74) is 6.57. The van der Waals surface area contributed by atoms with Crippen molar-refractivity contribution >= 4 is 17.9 Å². The number of amides is 2. The Morgan fingerprint density at radius 1 is 1.00 bits per heavy atom. The molecule has 0 saturated heterocycles. The molecule has 2 N–H and O–H groups in total. The van der Waals surface area contributed by atoms with Crippen molar-refractivity contribution in [3.8, 4) is 0 Å². The molecule has 134 valence electrons. The summed E-state index contributed by atoms with van der Waals surface area (Å²) in [6.45, 7) is 6.28. The van der Waals surface area contributed by atoms with Gasteiger partial charge >= 0.3 is 12.2 Å². The molecule has 0 bridgehead atoms. The number of carbonyl (C=O) groups excluding carboxylic acids is 2. The lowest BCUT2D eigenvalue weighted by Crippen LogP contribution is -2.40. The molecule has 0 heterocycles. The SMILES string of the molecule is CN(CCN(C)C(=O)OC(C)(C)C)C(=O)OCc1ccc(N)cc1. The first-order chi connectivity index (χ1) is 11.1. The van der Waals surface area contributed by atoms with E-state index in [0.29, 0.717) is 18.8 Å². The van der Waals surface area contributed by atoms with Crippen molar-refractivity contribution in [1.82, 2.24) is 9.80 Å². The van der Waals surface area contributed by atoms with Crippen LogP contribution in [0, 0.1) is 0 Å². The molecule has 0 unspecified atom stereocenters. The topological polar surface area (TPSA) is 85.1 Å². The summed E-state index contributed by atoms with van der Waals surface area (Å²) in [6.07, 6.45) is -0.879. The van der Waals surface area contributed by atoms with E-state index in [0.717, 1.165) is 5.56 Å². The predicted octanol–water partition coefficient (Wildman–Crippen LogP) is 2.70. The number of hydrogen-bond donors (Lipinski definition) is 1. The van der Waals surface area contributed by atoms with Crippen LogP contribution in [0.4, 0.5) is 15.3 Å². The van der Waals surface area contributed by atoms with Crippen LogP contribution in [0.5, 0.6) is 0 Å². The van der Waals surface area contributed by atoms with E-state index in [1.807, 2.05) is 0 Å². The molecule has 0 aromatic heterocycles. The van der Waals surface area contributed by atoms with Crippen LogP contribution in [0.1, 0.15) is 26.3 Å². The van der Waals surface area contributed by atoms with Crippen molar-refractivity contribution in [3.05, 3.63) is 29.8 Å². The van der Waals surface area contributed by atoms with Crippen molar-refractivity contribution in [2.45, 2.75) is 33.0 Å². The Labute approximate surface area is 143 Å². The van der Waals surface area contributed by atoms with Crippen LogP contribution in [-0.4, -0.2) is 54.8 Å². The average molecular weight is 337 g/mol. The van der Waals surface area contributed by atoms with Crippen molar-refractivity contribution in [3.63, 3.8) is 0 Å². The van der Waals surface area contributed by atoms with Crippen LogP contribution < -0.4 is 5.73 Å². The molecule has 0 spiro atoms. The molecular weight excluding hydrogens is 310 g/mol. The van der Waals surface area contributed by atoms with E-state index in [2.05, 4.69) is 0 Å². The second-order valence-electron chi connectivity index (χ2n) is 6.62. The zero-order chi connectivity index (χ0) is 18.3. The first-order valence-electron chi connectivity index (χ1n) is 7.75. The molecule has 0 aliphatic rings. The number of likely N-dealkylation sites (N-methyl/N-ethyl adjacent to an activating group) is 2. The highest BCUT2D eigenvalue weighted by atomic mass is 16.6. The van der Waals surface area contributed by atoms with Crippen molar-refractivity contribution in [2.75, 3.05) is 32.9 Å². The van der Waals surface area contributed by atoms with E-state index >= 15 is 0 Å². The third-order valence-corrected chi connectivity index (χ3v) is 3.13. The van der Waals surface area contributed by atoms with Gasteiger partial charge in [0.05, 0.1) is 0 Å². The number of nitrogen functional groups attached to an aromatic ring is 1. The Morgan fingerprint density at radius 3 is 2.00 bits per heavy atom. The molecule has 0 radical (unpaired) electrons. The number of rotatable bonds is 5. The van der Waals surface area contributed by atoms with E-state index in [-0.39, 0.29) is 6.61 Å². The summed E-state index contributed by atoms with van der Waals surface area (Å²) in [5, 5.41) is 0. The molecule has 0 saturated carbocycles. The minimum absolute atomic E-state index is 0.172. The molecule has 7 heteroatoms. The monoisotopic (exact) mass is 337 g/mol. The summed E-state index contributed by atoms with van der Waals surface area (Å²) in [5.74, 6) is 0. The maximum atomic E-state index is 11.9. The fourth-order valence-electron chi connectivity index (χ4n) is 1.69. The maximum absolute atomic E-state index is 11.9. The molecule has 0 aliphatic carbocycles. The number of nitrogens with zero attached hydrogens (tertiary/aromatic N) is 2. The Morgan fingerprint density at radius 2 is 1.50 bits per heavy atom. The van der Waals surface area contributed by atoms with E-state index < -0.39 is 17.8 Å². The Bertz CT molecular complexity index is 552. The van der Waals surface area contributed by atoms with Gasteiger partial charge in [0.25, 0.3) is 0 Å². The lowest BCUT2D eigenvalue weighted by atomic mass is 10.2. The van der Waals surface area contributed by atoms with Gasteiger partial charge in [0, 0.05) is 32.9 Å². The second-order valence-corrected chi connectivity index (χ2v) is 6.62. The first-order valence-corrected chi connectivity index (χ1v) is 7.75. The molecule has 0 atom stereocenters. The molecule has 7 nitrogen and oxygen atoms in total. The van der Waals surface area contributed by atoms with Gasteiger partial charge in [-0.3, -0.25) is 0 Å². The number of nitrogens with two attached hydrogens (primary N) is 1. The zero-order valence-electron chi connectivity index (χ0n) is 15.0. The molecule has 0 fully saturated rings. The van der Waals surface area contributed by atoms with Gasteiger partial charge in [0.15, 0.2) is 0 Å². The smallest absolute Gasteiger partial charge is 0.410 e. The van der Waals surface area contributed by atoms with Gasteiger partial charge in [-0.1, -0.05) is 12.1 Å². The van der Waals surface area contributed by atoms with Gasteiger partial charge in [0.1, 0.15) is 12.2 Å². The zero-order valence-corrected chi connectivity index (χ0v) is 15.0. The lowest BCUT2D eigenvalue weighted by molar-refractivity contribution is 0.0281. The molecule has 1 rings (SSSR count). The van der Waals surface area contributed by atoms with Gasteiger partial charge in [-0.15, -0.1) is 0 Å². The maximum Gasteiger partial charge on any atom is 0.410 e. The largest absolute Gasteiger partial charge is 0.445 e. The number of hydrogen-bond acceptors (Lipinski definition) is 5. The summed E-state index contributed by atoms with van der Waals surface area (Å²) in [7, 11) is 3.25. The van der Waals surface area contributed by atoms with Gasteiger partial charge in [-0.05, 0) is 38.5 Å². The van der Waals surface area contributed by atoms with Gasteiger partial charge < -0.3 is 25.0 Å². The van der Waals surface area contributed by atoms with Crippen molar-refractivity contribution in [1.29, 1.82) is 0 Å². The Kier molecular flexibility index (Phi) is 6.88. The lowest BCUT2D eigenvalue weighted by Gasteiger charge is -2.26. The molecule has 1 aromatic rings. The Hall–Kier alpha value is -2.44. The van der Waals surface area contributed by atoms with Crippen LogP contribution in [-0.2, 0) is 16.1 Å². The highest BCUT2D eigenvalue weighted by molar-refractivity contribution is 5.68. The third-order valence-electron chi connectivity index (χ3n) is 3.13. The molecule has 0 aliphatic heterocycles. The van der Waals surface area contributed by atoms with Gasteiger partial charge in [0.2, 0.25) is 0 Å². The highest BCUT2D eigenvalue weighted by Crippen LogP contribution is 2.09. The van der Waals surface area contributed by atoms with Crippen molar-refractivity contribution < 1.29 is 19.1 Å². The average Bonchev–Trinajstić information content (AvgIpc) is 2.49. The van der Waals surface area contributed by atoms with E-state index in [1.165, 1.54) is 9.80 Å². The number of anilines is 1. The van der Waals surface area contributed by atoms with Crippen molar-refractivity contribution in [2.24, 2.45) is 0 Å². The third kappa shape index (κ3) is 7.21. The van der Waals surface area contributed by atoms with E-state index in [9.17, 15) is 9.59 Å². The van der Waals surface area contributed by atoms with E-state index in [1.54, 1.807) is 59.1 Å². The fraction of sp³-hybridized carbons (Fsp3) is 0.529. The number of ether oxygens (including phenoxy) is 2. The van der Waals surface area contributed by atoms with Crippen LogP contribution in [0.2, 0.25) is 0 Å². The second kappa shape index (κ2) is 8.42. The Balaban J connectivity index is 2.35. The van der Waals surface area contributed by atoms with Crippen LogP contribution in [0.25, 0.3) is 0 Å². The normalized spacial score (nSPS) is 10.9. The fourth-order valence-corrected chi connectivity index (χ4v) is 1.69. The predicted molar refractivity (Wildman–Crippen MR) is 92.5 cm³/mol. The summed E-state index contributed by atoms with van der Waals surface area (Å²) in [6, 6.07) is 7.11. The molecule has 24 heavy (non-hydrogen) atoms. The molecule has 2 amide bonds.